The highest BCUT2D eigenvalue weighted by molar-refractivity contribution is 5.14. The van der Waals surface area contributed by atoms with Crippen molar-refractivity contribution in [2.75, 3.05) is 13.2 Å². The SMILES string of the molecule is N#CC1(NC2CC2)CCC(OCC2CCCO2)C1. The maximum atomic E-state index is 9.40. The zero-order valence-corrected chi connectivity index (χ0v) is 10.9. The van der Waals surface area contributed by atoms with Crippen molar-refractivity contribution in [1.29, 1.82) is 5.26 Å². The van der Waals surface area contributed by atoms with Gasteiger partial charge in [-0.2, -0.15) is 5.26 Å². The first-order chi connectivity index (χ1) is 8.80. The van der Waals surface area contributed by atoms with Crippen molar-refractivity contribution in [3.05, 3.63) is 0 Å². The number of nitriles is 1. The Morgan fingerprint density at radius 2 is 2.22 bits per heavy atom. The number of hydrogen-bond donors (Lipinski definition) is 1. The van der Waals surface area contributed by atoms with Crippen molar-refractivity contribution in [3.63, 3.8) is 0 Å². The molecular formula is C14H22N2O2. The van der Waals surface area contributed by atoms with Crippen LogP contribution in [0.15, 0.2) is 0 Å². The fourth-order valence-corrected chi connectivity index (χ4v) is 3.04. The Labute approximate surface area is 109 Å². The molecule has 3 unspecified atom stereocenters. The molecule has 0 amide bonds. The number of rotatable bonds is 5. The summed E-state index contributed by atoms with van der Waals surface area (Å²) in [7, 11) is 0. The van der Waals surface area contributed by atoms with Gasteiger partial charge in [0.05, 0.1) is 24.9 Å². The standard InChI is InChI=1S/C14H22N2O2/c15-10-14(16-11-3-4-11)6-5-12(8-14)18-9-13-2-1-7-17-13/h11-13,16H,1-9H2. The van der Waals surface area contributed by atoms with Crippen LogP contribution in [0.1, 0.15) is 44.9 Å². The van der Waals surface area contributed by atoms with E-state index in [4.69, 9.17) is 9.47 Å². The van der Waals surface area contributed by atoms with Crippen LogP contribution in [-0.2, 0) is 9.47 Å². The molecule has 0 aromatic carbocycles. The van der Waals surface area contributed by atoms with E-state index in [1.54, 1.807) is 0 Å². The van der Waals surface area contributed by atoms with Crippen LogP contribution in [-0.4, -0.2) is 37.0 Å². The van der Waals surface area contributed by atoms with Gasteiger partial charge in [-0.05, 0) is 38.5 Å². The average Bonchev–Trinajstić information content (AvgIpc) is 2.91. The van der Waals surface area contributed by atoms with Crippen LogP contribution in [0.3, 0.4) is 0 Å². The van der Waals surface area contributed by atoms with Gasteiger partial charge in [0.2, 0.25) is 0 Å². The molecule has 3 aliphatic rings. The number of nitrogens with zero attached hydrogens (tertiary/aromatic N) is 1. The van der Waals surface area contributed by atoms with E-state index in [9.17, 15) is 5.26 Å². The van der Waals surface area contributed by atoms with Crippen molar-refractivity contribution < 1.29 is 9.47 Å². The largest absolute Gasteiger partial charge is 0.376 e. The normalized spacial score (nSPS) is 39.9. The van der Waals surface area contributed by atoms with Gasteiger partial charge in [-0.15, -0.1) is 0 Å². The summed E-state index contributed by atoms with van der Waals surface area (Å²) in [5, 5.41) is 12.9. The van der Waals surface area contributed by atoms with Gasteiger partial charge in [-0.3, -0.25) is 5.32 Å². The van der Waals surface area contributed by atoms with Crippen LogP contribution < -0.4 is 5.32 Å². The highest BCUT2D eigenvalue weighted by Crippen LogP contribution is 2.35. The second-order valence-corrected chi connectivity index (χ2v) is 5.95. The van der Waals surface area contributed by atoms with Gasteiger partial charge in [-0.1, -0.05) is 0 Å². The highest BCUT2D eigenvalue weighted by atomic mass is 16.5. The molecule has 1 heterocycles. The van der Waals surface area contributed by atoms with E-state index in [1.807, 2.05) is 0 Å². The lowest BCUT2D eigenvalue weighted by Crippen LogP contribution is -2.43. The number of ether oxygens (including phenoxy) is 2. The van der Waals surface area contributed by atoms with Crippen LogP contribution in [0, 0.1) is 11.3 Å². The lowest BCUT2D eigenvalue weighted by molar-refractivity contribution is -0.0192. The second kappa shape index (κ2) is 5.16. The first-order valence-corrected chi connectivity index (χ1v) is 7.22. The molecular weight excluding hydrogens is 228 g/mol. The first-order valence-electron chi connectivity index (χ1n) is 7.22. The third-order valence-corrected chi connectivity index (χ3v) is 4.28. The summed E-state index contributed by atoms with van der Waals surface area (Å²) in [6.45, 7) is 1.58. The summed E-state index contributed by atoms with van der Waals surface area (Å²) in [5.74, 6) is 0. The molecule has 1 N–H and O–H groups in total. The van der Waals surface area contributed by atoms with Crippen molar-refractivity contribution in [2.24, 2.45) is 0 Å². The maximum Gasteiger partial charge on any atom is 0.109 e. The summed E-state index contributed by atoms with van der Waals surface area (Å²) in [5.41, 5.74) is -0.317. The quantitative estimate of drug-likeness (QED) is 0.807. The third kappa shape index (κ3) is 2.85. The van der Waals surface area contributed by atoms with Gasteiger partial charge >= 0.3 is 0 Å². The lowest BCUT2D eigenvalue weighted by Gasteiger charge is -2.23. The van der Waals surface area contributed by atoms with Crippen LogP contribution in [0.5, 0.6) is 0 Å². The Hall–Kier alpha value is -0.630. The molecule has 100 valence electrons. The van der Waals surface area contributed by atoms with E-state index in [1.165, 1.54) is 12.8 Å². The van der Waals surface area contributed by atoms with E-state index in [0.29, 0.717) is 18.8 Å². The Balaban J connectivity index is 1.45. The summed E-state index contributed by atoms with van der Waals surface area (Å²) in [4.78, 5) is 0. The zero-order chi connectivity index (χ0) is 12.4. The smallest absolute Gasteiger partial charge is 0.109 e. The van der Waals surface area contributed by atoms with E-state index >= 15 is 0 Å². The molecule has 3 rings (SSSR count). The molecule has 0 radical (unpaired) electrons. The van der Waals surface area contributed by atoms with E-state index < -0.39 is 0 Å². The molecule has 0 aromatic rings. The highest BCUT2D eigenvalue weighted by Gasteiger charge is 2.43. The lowest BCUT2D eigenvalue weighted by atomic mass is 9.99. The summed E-state index contributed by atoms with van der Waals surface area (Å²) >= 11 is 0. The minimum atomic E-state index is -0.317. The molecule has 3 atom stereocenters. The van der Waals surface area contributed by atoms with Crippen molar-refractivity contribution in [1.82, 2.24) is 5.32 Å². The molecule has 3 fully saturated rings. The molecule has 0 spiro atoms. The molecule has 4 nitrogen and oxygen atoms in total. The van der Waals surface area contributed by atoms with Gasteiger partial charge < -0.3 is 9.47 Å². The topological polar surface area (TPSA) is 54.3 Å². The van der Waals surface area contributed by atoms with Crippen LogP contribution >= 0.6 is 0 Å². The summed E-state index contributed by atoms with van der Waals surface area (Å²) < 4.78 is 11.5. The summed E-state index contributed by atoms with van der Waals surface area (Å²) in [6.07, 6.45) is 8.03. The molecule has 0 bridgehead atoms. The Kier molecular flexibility index (Phi) is 3.56. The Morgan fingerprint density at radius 1 is 1.33 bits per heavy atom. The predicted molar refractivity (Wildman–Crippen MR) is 67.1 cm³/mol. The molecule has 2 aliphatic carbocycles. The van der Waals surface area contributed by atoms with Gasteiger partial charge in [0.15, 0.2) is 0 Å². The van der Waals surface area contributed by atoms with Crippen molar-refractivity contribution in [3.8, 4) is 6.07 Å². The Morgan fingerprint density at radius 3 is 2.89 bits per heavy atom. The minimum Gasteiger partial charge on any atom is -0.376 e. The second-order valence-electron chi connectivity index (χ2n) is 5.95. The van der Waals surface area contributed by atoms with Gasteiger partial charge in [-0.25, -0.2) is 0 Å². The van der Waals surface area contributed by atoms with Crippen LogP contribution in [0.25, 0.3) is 0 Å². The number of nitrogens with one attached hydrogen (secondary N) is 1. The first kappa shape index (κ1) is 12.4. The predicted octanol–water partition coefficient (Wildman–Crippen LogP) is 1.75. The monoisotopic (exact) mass is 250 g/mol. The zero-order valence-electron chi connectivity index (χ0n) is 10.9. The number of hydrogen-bond acceptors (Lipinski definition) is 4. The van der Waals surface area contributed by atoms with Crippen molar-refractivity contribution in [2.45, 2.75) is 68.7 Å². The van der Waals surface area contributed by atoms with Crippen LogP contribution in [0.4, 0.5) is 0 Å². The van der Waals surface area contributed by atoms with E-state index in [2.05, 4.69) is 11.4 Å². The molecule has 1 saturated heterocycles. The van der Waals surface area contributed by atoms with Crippen LogP contribution in [0.2, 0.25) is 0 Å². The van der Waals surface area contributed by atoms with E-state index in [-0.39, 0.29) is 11.6 Å². The van der Waals surface area contributed by atoms with E-state index in [0.717, 1.165) is 38.7 Å². The summed E-state index contributed by atoms with van der Waals surface area (Å²) in [6, 6.07) is 3.07. The minimum absolute atomic E-state index is 0.236. The molecule has 18 heavy (non-hydrogen) atoms. The molecule has 4 heteroatoms. The average molecular weight is 250 g/mol. The fraction of sp³-hybridized carbons (Fsp3) is 0.929. The van der Waals surface area contributed by atoms with Gasteiger partial charge in [0.25, 0.3) is 0 Å². The molecule has 2 saturated carbocycles. The fourth-order valence-electron chi connectivity index (χ4n) is 3.04. The Bertz CT molecular complexity index is 331. The maximum absolute atomic E-state index is 9.40. The van der Waals surface area contributed by atoms with Gasteiger partial charge in [0, 0.05) is 19.1 Å². The van der Waals surface area contributed by atoms with Gasteiger partial charge in [0.1, 0.15) is 5.54 Å². The molecule has 1 aliphatic heterocycles. The third-order valence-electron chi connectivity index (χ3n) is 4.28. The molecule has 0 aromatic heterocycles. The van der Waals surface area contributed by atoms with Crippen molar-refractivity contribution >= 4 is 0 Å².